The Morgan fingerprint density at radius 3 is 2.43 bits per heavy atom. The number of nitrogens with one attached hydrogen (secondary N) is 1. The van der Waals surface area contributed by atoms with E-state index in [1.54, 1.807) is 18.2 Å². The van der Waals surface area contributed by atoms with Crippen molar-refractivity contribution < 1.29 is 9.18 Å². The molecule has 0 aliphatic carbocycles. The number of hydrogen-bond donors (Lipinski definition) is 1. The van der Waals surface area contributed by atoms with E-state index in [-0.39, 0.29) is 10.9 Å². The van der Waals surface area contributed by atoms with Crippen LogP contribution in [-0.4, -0.2) is 33.6 Å². The number of rotatable bonds is 4. The highest BCUT2D eigenvalue weighted by atomic mass is 35.5. The van der Waals surface area contributed by atoms with Gasteiger partial charge < -0.3 is 0 Å². The standard InChI is InChI=1S/C22H21Cl2FN4O/c1-14-20(22(30)27-28-11-3-2-4-12-28)26-21(18-10-7-16(25)13-19(18)24)29(14)17-8-5-15(23)6-9-17/h5-10,13H,2-4,11-12H2,1H3,(H,27,30). The maximum atomic E-state index is 13.6. The quantitative estimate of drug-likeness (QED) is 0.581. The molecule has 3 aromatic rings. The summed E-state index contributed by atoms with van der Waals surface area (Å²) >= 11 is 12.4. The average molecular weight is 447 g/mol. The molecule has 8 heteroatoms. The van der Waals surface area contributed by atoms with Crippen LogP contribution in [0.15, 0.2) is 42.5 Å². The number of halogens is 3. The van der Waals surface area contributed by atoms with Gasteiger partial charge >= 0.3 is 0 Å². The highest BCUT2D eigenvalue weighted by Crippen LogP contribution is 2.32. The Balaban J connectivity index is 1.80. The molecule has 1 aliphatic rings. The molecular formula is C22H21Cl2FN4O. The Hall–Kier alpha value is -2.41. The highest BCUT2D eigenvalue weighted by Gasteiger charge is 2.24. The molecule has 156 valence electrons. The smallest absolute Gasteiger partial charge is 0.286 e. The lowest BCUT2D eigenvalue weighted by atomic mass is 10.2. The molecule has 0 bridgehead atoms. The van der Waals surface area contributed by atoms with Crippen molar-refractivity contribution >= 4 is 29.1 Å². The Labute approximate surface area is 184 Å². The second kappa shape index (κ2) is 8.76. The van der Waals surface area contributed by atoms with Crippen LogP contribution in [0, 0.1) is 12.7 Å². The van der Waals surface area contributed by atoms with Crippen LogP contribution in [0.5, 0.6) is 0 Å². The summed E-state index contributed by atoms with van der Waals surface area (Å²) in [5.41, 5.74) is 5.22. The minimum Gasteiger partial charge on any atom is -0.296 e. The molecule has 1 N–H and O–H groups in total. The summed E-state index contributed by atoms with van der Waals surface area (Å²) in [7, 11) is 0. The van der Waals surface area contributed by atoms with Crippen molar-refractivity contribution in [2.24, 2.45) is 0 Å². The van der Waals surface area contributed by atoms with Crippen LogP contribution in [0.4, 0.5) is 4.39 Å². The summed E-state index contributed by atoms with van der Waals surface area (Å²) in [4.78, 5) is 17.6. The van der Waals surface area contributed by atoms with Crippen LogP contribution >= 0.6 is 23.2 Å². The number of carbonyl (C=O) groups excluding carboxylic acids is 1. The number of amides is 1. The maximum absolute atomic E-state index is 13.6. The SMILES string of the molecule is Cc1c(C(=O)NN2CCCCC2)nc(-c2ccc(F)cc2Cl)n1-c1ccc(Cl)cc1. The molecule has 2 aromatic carbocycles. The van der Waals surface area contributed by atoms with Crippen LogP contribution in [-0.2, 0) is 0 Å². The summed E-state index contributed by atoms with van der Waals surface area (Å²) in [6.45, 7) is 3.46. The lowest BCUT2D eigenvalue weighted by molar-refractivity contribution is 0.0744. The first kappa shape index (κ1) is 20.8. The first-order valence-electron chi connectivity index (χ1n) is 9.80. The summed E-state index contributed by atoms with van der Waals surface area (Å²) in [6.07, 6.45) is 3.27. The zero-order chi connectivity index (χ0) is 21.3. The number of carbonyl (C=O) groups is 1. The Morgan fingerprint density at radius 1 is 1.07 bits per heavy atom. The van der Waals surface area contributed by atoms with Crippen molar-refractivity contribution in [1.82, 2.24) is 20.0 Å². The number of imidazole rings is 1. The van der Waals surface area contributed by atoms with E-state index in [0.717, 1.165) is 31.6 Å². The zero-order valence-corrected chi connectivity index (χ0v) is 18.0. The molecule has 30 heavy (non-hydrogen) atoms. The van der Waals surface area contributed by atoms with Crippen LogP contribution < -0.4 is 5.43 Å². The number of nitrogens with zero attached hydrogens (tertiary/aromatic N) is 3. The maximum Gasteiger partial charge on any atom is 0.286 e. The third-order valence-corrected chi connectivity index (χ3v) is 5.76. The molecule has 1 aromatic heterocycles. The van der Waals surface area contributed by atoms with E-state index >= 15 is 0 Å². The van der Waals surface area contributed by atoms with E-state index in [1.165, 1.54) is 18.6 Å². The number of benzene rings is 2. The van der Waals surface area contributed by atoms with Gasteiger partial charge in [-0.3, -0.25) is 14.8 Å². The van der Waals surface area contributed by atoms with Crippen molar-refractivity contribution in [3.8, 4) is 17.1 Å². The van der Waals surface area contributed by atoms with Gasteiger partial charge in [-0.2, -0.15) is 0 Å². The molecule has 0 saturated carbocycles. The first-order valence-corrected chi connectivity index (χ1v) is 10.6. The van der Waals surface area contributed by atoms with Crippen molar-refractivity contribution in [3.63, 3.8) is 0 Å². The summed E-state index contributed by atoms with van der Waals surface area (Å²) in [6, 6.07) is 11.3. The molecule has 1 aliphatic heterocycles. The third-order valence-electron chi connectivity index (χ3n) is 5.20. The number of piperidine rings is 1. The van der Waals surface area contributed by atoms with E-state index < -0.39 is 5.82 Å². The van der Waals surface area contributed by atoms with Gasteiger partial charge in [-0.15, -0.1) is 0 Å². The summed E-state index contributed by atoms with van der Waals surface area (Å²) in [5.74, 6) is -0.252. The average Bonchev–Trinajstić information content (AvgIpc) is 3.06. The van der Waals surface area contributed by atoms with Gasteiger partial charge in [0.15, 0.2) is 5.69 Å². The van der Waals surface area contributed by atoms with Crippen molar-refractivity contribution in [2.45, 2.75) is 26.2 Å². The Bertz CT molecular complexity index is 1080. The molecule has 0 spiro atoms. The van der Waals surface area contributed by atoms with Crippen molar-refractivity contribution in [1.29, 1.82) is 0 Å². The molecule has 0 radical (unpaired) electrons. The molecular weight excluding hydrogens is 426 g/mol. The van der Waals surface area contributed by atoms with E-state index in [0.29, 0.717) is 27.8 Å². The van der Waals surface area contributed by atoms with Gasteiger partial charge in [0.05, 0.1) is 10.7 Å². The van der Waals surface area contributed by atoms with E-state index in [1.807, 2.05) is 28.6 Å². The van der Waals surface area contributed by atoms with Gasteiger partial charge in [0.1, 0.15) is 11.6 Å². The molecule has 2 heterocycles. The van der Waals surface area contributed by atoms with Crippen LogP contribution in [0.2, 0.25) is 10.0 Å². The predicted octanol–water partition coefficient (Wildman–Crippen LogP) is 5.42. The molecule has 1 amide bonds. The van der Waals surface area contributed by atoms with E-state index in [4.69, 9.17) is 23.2 Å². The third kappa shape index (κ3) is 4.21. The summed E-state index contributed by atoms with van der Waals surface area (Å²) in [5, 5.41) is 2.75. The fourth-order valence-electron chi connectivity index (χ4n) is 3.68. The fourth-order valence-corrected chi connectivity index (χ4v) is 4.05. The number of aromatic nitrogens is 2. The van der Waals surface area contributed by atoms with Crippen molar-refractivity contribution in [3.05, 3.63) is 69.7 Å². The molecule has 0 atom stereocenters. The molecule has 5 nitrogen and oxygen atoms in total. The van der Waals surface area contributed by atoms with Gasteiger partial charge in [0.25, 0.3) is 5.91 Å². The minimum absolute atomic E-state index is 0.221. The summed E-state index contributed by atoms with van der Waals surface area (Å²) < 4.78 is 15.4. The molecule has 1 saturated heterocycles. The van der Waals surface area contributed by atoms with Crippen LogP contribution in [0.1, 0.15) is 35.4 Å². The lowest BCUT2D eigenvalue weighted by Gasteiger charge is -2.26. The van der Waals surface area contributed by atoms with Gasteiger partial charge in [0.2, 0.25) is 0 Å². The molecule has 1 fully saturated rings. The second-order valence-electron chi connectivity index (χ2n) is 7.29. The second-order valence-corrected chi connectivity index (χ2v) is 8.14. The van der Waals surface area contributed by atoms with Crippen molar-refractivity contribution in [2.75, 3.05) is 13.1 Å². The van der Waals surface area contributed by atoms with E-state index in [9.17, 15) is 9.18 Å². The number of hydrogen-bond acceptors (Lipinski definition) is 3. The van der Waals surface area contributed by atoms with Crippen LogP contribution in [0.25, 0.3) is 17.1 Å². The highest BCUT2D eigenvalue weighted by molar-refractivity contribution is 6.33. The normalized spacial score (nSPS) is 14.7. The topological polar surface area (TPSA) is 50.2 Å². The Kier molecular flexibility index (Phi) is 6.09. The van der Waals surface area contributed by atoms with Gasteiger partial charge in [-0.05, 0) is 62.2 Å². The van der Waals surface area contributed by atoms with Gasteiger partial charge in [0, 0.05) is 29.4 Å². The largest absolute Gasteiger partial charge is 0.296 e. The van der Waals surface area contributed by atoms with Gasteiger partial charge in [-0.1, -0.05) is 29.6 Å². The number of hydrazine groups is 1. The lowest BCUT2D eigenvalue weighted by Crippen LogP contribution is -2.45. The minimum atomic E-state index is -0.437. The monoisotopic (exact) mass is 446 g/mol. The Morgan fingerprint density at radius 2 is 1.77 bits per heavy atom. The molecule has 0 unspecified atom stereocenters. The first-order chi connectivity index (χ1) is 14.4. The molecule has 4 rings (SSSR count). The van der Waals surface area contributed by atoms with E-state index in [2.05, 4.69) is 10.4 Å². The fraction of sp³-hybridized carbons (Fsp3) is 0.273. The van der Waals surface area contributed by atoms with Crippen LogP contribution in [0.3, 0.4) is 0 Å². The van der Waals surface area contributed by atoms with Gasteiger partial charge in [-0.25, -0.2) is 14.4 Å². The zero-order valence-electron chi connectivity index (χ0n) is 16.5. The predicted molar refractivity (Wildman–Crippen MR) is 117 cm³/mol.